The molecule has 0 bridgehead atoms. The molecule has 1 atom stereocenters. The van der Waals surface area contributed by atoms with E-state index in [4.69, 9.17) is 4.74 Å². The zero-order valence-corrected chi connectivity index (χ0v) is 17.5. The van der Waals surface area contributed by atoms with Crippen LogP contribution in [0.5, 0.6) is 5.75 Å². The molecule has 9 heteroatoms. The molecule has 0 fully saturated rings. The third kappa shape index (κ3) is 4.61. The van der Waals surface area contributed by atoms with Gasteiger partial charge in [-0.2, -0.15) is 4.98 Å². The van der Waals surface area contributed by atoms with E-state index >= 15 is 0 Å². The lowest BCUT2D eigenvalue weighted by Crippen LogP contribution is -2.39. The van der Waals surface area contributed by atoms with E-state index in [0.717, 1.165) is 5.56 Å². The molecular weight excluding hydrogens is 410 g/mol. The van der Waals surface area contributed by atoms with Gasteiger partial charge in [-0.25, -0.2) is 0 Å². The van der Waals surface area contributed by atoms with E-state index < -0.39 is 11.5 Å². The highest BCUT2D eigenvalue weighted by molar-refractivity contribution is 6.00. The van der Waals surface area contributed by atoms with Crippen molar-refractivity contribution < 1.29 is 14.3 Å². The van der Waals surface area contributed by atoms with Gasteiger partial charge in [0.05, 0.1) is 24.3 Å². The minimum absolute atomic E-state index is 0.0746. The van der Waals surface area contributed by atoms with Crippen LogP contribution in [0.3, 0.4) is 0 Å². The maximum absolute atomic E-state index is 12.8. The normalized spacial score (nSPS) is 14.8. The molecule has 0 aliphatic carbocycles. The minimum atomic E-state index is -0.911. The minimum Gasteiger partial charge on any atom is -0.495 e. The Balaban J connectivity index is 1.53. The summed E-state index contributed by atoms with van der Waals surface area (Å²) in [5.74, 6) is -0.898. The van der Waals surface area contributed by atoms with E-state index in [-0.39, 0.29) is 35.6 Å². The summed E-state index contributed by atoms with van der Waals surface area (Å²) in [5, 5.41) is 8.41. The number of benzene rings is 2. The highest BCUT2D eigenvalue weighted by atomic mass is 16.5. The molecule has 9 nitrogen and oxygen atoms in total. The topological polar surface area (TPSA) is 125 Å². The maximum atomic E-state index is 12.8. The van der Waals surface area contributed by atoms with Gasteiger partial charge in [0.25, 0.3) is 5.56 Å². The Morgan fingerprint density at radius 2 is 1.88 bits per heavy atom. The standard InChI is InChI=1S/C23H23N5O4/c1-32-17-10-6-5-9-16(17)25-23-27-20-19(22(31)28-23)15(13-18(29)26-20)21(30)24-12-11-14-7-3-2-4-8-14/h2-10,15H,11-13H2,1H3,(H,24,30)(H3,25,26,27,28,29,31)/t15-/m0/s1. The van der Waals surface area contributed by atoms with Crippen LogP contribution in [-0.4, -0.2) is 35.4 Å². The van der Waals surface area contributed by atoms with Gasteiger partial charge in [-0.05, 0) is 24.1 Å². The number of H-pyrrole nitrogens is 1. The van der Waals surface area contributed by atoms with Crippen LogP contribution in [0.1, 0.15) is 23.5 Å². The van der Waals surface area contributed by atoms with Crippen molar-refractivity contribution in [1.29, 1.82) is 0 Å². The molecule has 0 unspecified atom stereocenters. The summed E-state index contributed by atoms with van der Waals surface area (Å²) in [6, 6.07) is 16.9. The Morgan fingerprint density at radius 3 is 2.66 bits per heavy atom. The van der Waals surface area contributed by atoms with Crippen LogP contribution in [0.4, 0.5) is 17.5 Å². The number of ether oxygens (including phenoxy) is 1. The Hall–Kier alpha value is -4.14. The van der Waals surface area contributed by atoms with Gasteiger partial charge in [0.2, 0.25) is 17.8 Å². The van der Waals surface area contributed by atoms with Gasteiger partial charge in [0.15, 0.2) is 0 Å². The second kappa shape index (κ2) is 9.34. The summed E-state index contributed by atoms with van der Waals surface area (Å²) in [7, 11) is 1.53. The number of methoxy groups -OCH3 is 1. The fourth-order valence-corrected chi connectivity index (χ4v) is 3.63. The SMILES string of the molecule is COc1ccccc1Nc1nc2c(c(=O)[nH]1)[C@@H](C(=O)NCCc1ccccc1)CC(=O)N2. The van der Waals surface area contributed by atoms with Gasteiger partial charge in [-0.1, -0.05) is 42.5 Å². The molecule has 0 radical (unpaired) electrons. The molecule has 0 spiro atoms. The second-order valence-electron chi connectivity index (χ2n) is 7.33. The highest BCUT2D eigenvalue weighted by Gasteiger charge is 2.34. The van der Waals surface area contributed by atoms with Crippen molar-refractivity contribution in [3.05, 3.63) is 76.1 Å². The van der Waals surface area contributed by atoms with Gasteiger partial charge in [0, 0.05) is 13.0 Å². The van der Waals surface area contributed by atoms with Crippen molar-refractivity contribution in [2.45, 2.75) is 18.8 Å². The van der Waals surface area contributed by atoms with E-state index in [1.807, 2.05) is 36.4 Å². The summed E-state index contributed by atoms with van der Waals surface area (Å²) in [6.45, 7) is 0.398. The van der Waals surface area contributed by atoms with Gasteiger partial charge in [-0.15, -0.1) is 0 Å². The number of fused-ring (bicyclic) bond motifs is 1. The summed E-state index contributed by atoms with van der Waals surface area (Å²) in [6.07, 6.45) is 0.531. The molecule has 2 aromatic carbocycles. The van der Waals surface area contributed by atoms with Crippen LogP contribution >= 0.6 is 0 Å². The molecule has 1 aliphatic rings. The maximum Gasteiger partial charge on any atom is 0.258 e. The summed E-state index contributed by atoms with van der Waals surface area (Å²) >= 11 is 0. The third-order valence-corrected chi connectivity index (χ3v) is 5.18. The van der Waals surface area contributed by atoms with Crippen molar-refractivity contribution in [1.82, 2.24) is 15.3 Å². The van der Waals surface area contributed by atoms with Crippen LogP contribution in [0.2, 0.25) is 0 Å². The third-order valence-electron chi connectivity index (χ3n) is 5.18. The van der Waals surface area contributed by atoms with E-state index in [0.29, 0.717) is 24.4 Å². The molecule has 0 saturated carbocycles. The highest BCUT2D eigenvalue weighted by Crippen LogP contribution is 2.30. The molecule has 2 heterocycles. The number of para-hydroxylation sites is 2. The summed E-state index contributed by atoms with van der Waals surface area (Å²) < 4.78 is 5.29. The van der Waals surface area contributed by atoms with Crippen LogP contribution in [0, 0.1) is 0 Å². The first-order valence-corrected chi connectivity index (χ1v) is 10.2. The van der Waals surface area contributed by atoms with Crippen molar-refractivity contribution in [3.63, 3.8) is 0 Å². The Morgan fingerprint density at radius 1 is 1.12 bits per heavy atom. The molecule has 164 valence electrons. The number of aromatic amines is 1. The van der Waals surface area contributed by atoms with Crippen molar-refractivity contribution >= 4 is 29.3 Å². The summed E-state index contributed by atoms with van der Waals surface area (Å²) in [4.78, 5) is 44.9. The molecular formula is C23H23N5O4. The Kier molecular flexibility index (Phi) is 6.16. The van der Waals surface area contributed by atoms with Gasteiger partial charge >= 0.3 is 0 Å². The van der Waals surface area contributed by atoms with Crippen molar-refractivity contribution in [2.24, 2.45) is 0 Å². The molecule has 1 aliphatic heterocycles. The number of aromatic nitrogens is 2. The first-order chi connectivity index (χ1) is 15.5. The van der Waals surface area contributed by atoms with E-state index in [9.17, 15) is 14.4 Å². The predicted molar refractivity (Wildman–Crippen MR) is 120 cm³/mol. The van der Waals surface area contributed by atoms with E-state index in [2.05, 4.69) is 25.9 Å². The fourth-order valence-electron chi connectivity index (χ4n) is 3.63. The number of rotatable bonds is 7. The number of hydrogen-bond donors (Lipinski definition) is 4. The number of carbonyl (C=O) groups is 2. The van der Waals surface area contributed by atoms with Crippen LogP contribution in [0.15, 0.2) is 59.4 Å². The Labute approximate surface area is 184 Å². The molecule has 3 aromatic rings. The number of hydrogen-bond acceptors (Lipinski definition) is 6. The number of anilines is 3. The second-order valence-corrected chi connectivity index (χ2v) is 7.33. The average Bonchev–Trinajstić information content (AvgIpc) is 2.79. The van der Waals surface area contributed by atoms with Crippen molar-refractivity contribution in [2.75, 3.05) is 24.3 Å². The van der Waals surface area contributed by atoms with Crippen LogP contribution < -0.4 is 26.2 Å². The molecule has 4 rings (SSSR count). The van der Waals surface area contributed by atoms with Gasteiger partial charge < -0.3 is 20.7 Å². The number of carbonyl (C=O) groups excluding carboxylic acids is 2. The molecule has 2 amide bonds. The Bertz CT molecular complexity index is 1190. The lowest BCUT2D eigenvalue weighted by Gasteiger charge is -2.23. The van der Waals surface area contributed by atoms with Gasteiger partial charge in [-0.3, -0.25) is 19.4 Å². The largest absolute Gasteiger partial charge is 0.495 e. The van der Waals surface area contributed by atoms with Gasteiger partial charge in [0.1, 0.15) is 11.6 Å². The average molecular weight is 433 g/mol. The predicted octanol–water partition coefficient (Wildman–Crippen LogP) is 2.31. The molecule has 1 aromatic heterocycles. The van der Waals surface area contributed by atoms with Crippen molar-refractivity contribution in [3.8, 4) is 5.75 Å². The van der Waals surface area contributed by atoms with Crippen LogP contribution in [0.25, 0.3) is 0 Å². The first-order valence-electron chi connectivity index (χ1n) is 10.2. The lowest BCUT2D eigenvalue weighted by atomic mass is 9.92. The number of amides is 2. The smallest absolute Gasteiger partial charge is 0.258 e. The quantitative estimate of drug-likeness (QED) is 0.453. The summed E-state index contributed by atoms with van der Waals surface area (Å²) in [5.41, 5.74) is 1.33. The molecule has 4 N–H and O–H groups in total. The first kappa shape index (κ1) is 21.1. The van der Waals surface area contributed by atoms with E-state index in [1.54, 1.807) is 18.2 Å². The molecule has 32 heavy (non-hydrogen) atoms. The zero-order chi connectivity index (χ0) is 22.5. The monoisotopic (exact) mass is 433 g/mol. The van der Waals surface area contributed by atoms with E-state index in [1.165, 1.54) is 7.11 Å². The van der Waals surface area contributed by atoms with Crippen LogP contribution in [-0.2, 0) is 16.0 Å². The zero-order valence-electron chi connectivity index (χ0n) is 17.5. The fraction of sp³-hybridized carbons (Fsp3) is 0.217. The lowest BCUT2D eigenvalue weighted by molar-refractivity contribution is -0.126. The number of nitrogens with zero attached hydrogens (tertiary/aromatic N) is 1. The molecule has 0 saturated heterocycles. The number of nitrogens with one attached hydrogen (secondary N) is 4.